The molecule has 0 unspecified atom stereocenters. The molecule has 23 heavy (non-hydrogen) atoms. The molecule has 0 radical (unpaired) electrons. The van der Waals surface area contributed by atoms with Gasteiger partial charge in [0.15, 0.2) is 0 Å². The third-order valence-corrected chi connectivity index (χ3v) is 3.83. The predicted octanol–water partition coefficient (Wildman–Crippen LogP) is 3.99. The molecular weight excluding hydrogens is 290 g/mol. The van der Waals surface area contributed by atoms with Crippen LogP contribution in [0, 0.1) is 5.92 Å². The largest absolute Gasteiger partial charge is 0.477 e. The van der Waals surface area contributed by atoms with Gasteiger partial charge in [0, 0.05) is 6.54 Å². The number of hydrogen-bond donors (Lipinski definition) is 1. The van der Waals surface area contributed by atoms with Crippen LogP contribution in [0.1, 0.15) is 49.5 Å². The van der Waals surface area contributed by atoms with Crippen LogP contribution in [0.25, 0.3) is 11.3 Å². The lowest BCUT2D eigenvalue weighted by Crippen LogP contribution is -2.29. The van der Waals surface area contributed by atoms with Gasteiger partial charge in [-0.05, 0) is 35.1 Å². The van der Waals surface area contributed by atoms with Crippen molar-refractivity contribution in [3.63, 3.8) is 0 Å². The van der Waals surface area contributed by atoms with Crippen LogP contribution in [0.2, 0.25) is 0 Å². The van der Waals surface area contributed by atoms with E-state index in [1.54, 1.807) is 10.6 Å². The Hall–Kier alpha value is -2.36. The number of carbonyl (C=O) groups is 1. The number of carboxylic acids is 1. The predicted molar refractivity (Wildman–Crippen MR) is 92.0 cm³/mol. The van der Waals surface area contributed by atoms with Crippen molar-refractivity contribution in [2.24, 2.45) is 5.92 Å². The molecule has 2 aromatic rings. The summed E-state index contributed by atoms with van der Waals surface area (Å²) in [6.07, 6.45) is 0. The summed E-state index contributed by atoms with van der Waals surface area (Å²) >= 11 is 0. The van der Waals surface area contributed by atoms with Crippen LogP contribution < -0.4 is 5.56 Å². The molecule has 1 aromatic carbocycles. The lowest BCUT2D eigenvalue weighted by atomic mass is 10.00. The van der Waals surface area contributed by atoms with Crippen molar-refractivity contribution in [3.05, 3.63) is 57.9 Å². The molecule has 0 spiro atoms. The van der Waals surface area contributed by atoms with Gasteiger partial charge in [-0.25, -0.2) is 4.79 Å². The molecule has 4 heteroatoms. The fraction of sp³-hybridized carbons (Fsp3) is 0.368. The van der Waals surface area contributed by atoms with Crippen LogP contribution in [0.5, 0.6) is 0 Å². The molecule has 0 atom stereocenters. The van der Waals surface area contributed by atoms with E-state index in [-0.39, 0.29) is 11.5 Å². The minimum absolute atomic E-state index is 0.187. The summed E-state index contributed by atoms with van der Waals surface area (Å²) in [4.78, 5) is 23.7. The average Bonchev–Trinajstić information content (AvgIpc) is 2.48. The summed E-state index contributed by atoms with van der Waals surface area (Å²) < 4.78 is 1.57. The number of pyridine rings is 1. The number of aromatic carboxylic acids is 1. The Balaban J connectivity index is 2.59. The third-order valence-electron chi connectivity index (χ3n) is 3.83. The summed E-state index contributed by atoms with van der Waals surface area (Å²) in [5.41, 5.74) is 2.27. The first kappa shape index (κ1) is 17.0. The molecule has 0 fully saturated rings. The highest BCUT2D eigenvalue weighted by molar-refractivity contribution is 5.87. The van der Waals surface area contributed by atoms with E-state index in [4.69, 9.17) is 5.11 Å². The van der Waals surface area contributed by atoms with E-state index in [0.717, 1.165) is 11.3 Å². The van der Waals surface area contributed by atoms with E-state index in [1.165, 1.54) is 11.6 Å². The second kappa shape index (κ2) is 6.82. The Morgan fingerprint density at radius 3 is 2.13 bits per heavy atom. The van der Waals surface area contributed by atoms with Gasteiger partial charge >= 0.3 is 5.97 Å². The number of aromatic nitrogens is 1. The van der Waals surface area contributed by atoms with Crippen LogP contribution in [0.15, 0.2) is 41.2 Å². The van der Waals surface area contributed by atoms with Crippen molar-refractivity contribution in [1.82, 2.24) is 4.57 Å². The van der Waals surface area contributed by atoms with Crippen molar-refractivity contribution >= 4 is 5.97 Å². The molecule has 1 heterocycles. The first-order valence-electron chi connectivity index (χ1n) is 7.88. The molecule has 0 saturated heterocycles. The summed E-state index contributed by atoms with van der Waals surface area (Å²) in [7, 11) is 0. The van der Waals surface area contributed by atoms with Crippen molar-refractivity contribution in [2.75, 3.05) is 0 Å². The van der Waals surface area contributed by atoms with Gasteiger partial charge in [0.2, 0.25) is 0 Å². The van der Waals surface area contributed by atoms with Crippen molar-refractivity contribution in [2.45, 2.75) is 40.2 Å². The van der Waals surface area contributed by atoms with Crippen LogP contribution >= 0.6 is 0 Å². The van der Waals surface area contributed by atoms with Crippen LogP contribution in [0.4, 0.5) is 0 Å². The number of rotatable bonds is 5. The lowest BCUT2D eigenvalue weighted by molar-refractivity contribution is 0.0694. The molecule has 4 nitrogen and oxygen atoms in total. The maximum atomic E-state index is 12.5. The van der Waals surface area contributed by atoms with Crippen molar-refractivity contribution < 1.29 is 9.90 Å². The van der Waals surface area contributed by atoms with Gasteiger partial charge in [-0.1, -0.05) is 52.0 Å². The van der Waals surface area contributed by atoms with Gasteiger partial charge in [-0.3, -0.25) is 4.79 Å². The number of hydrogen-bond acceptors (Lipinski definition) is 2. The number of carboxylic acid groups (broad SMARTS) is 1. The van der Waals surface area contributed by atoms with E-state index >= 15 is 0 Å². The Kier molecular flexibility index (Phi) is 5.04. The van der Waals surface area contributed by atoms with Crippen molar-refractivity contribution in [1.29, 1.82) is 0 Å². The number of benzene rings is 1. The molecule has 0 bridgehead atoms. The maximum absolute atomic E-state index is 12.5. The molecule has 1 N–H and O–H groups in total. The van der Waals surface area contributed by atoms with Crippen LogP contribution in [0.3, 0.4) is 0 Å². The lowest BCUT2D eigenvalue weighted by Gasteiger charge is -2.16. The zero-order valence-electron chi connectivity index (χ0n) is 14.0. The molecule has 0 aliphatic carbocycles. The highest BCUT2D eigenvalue weighted by atomic mass is 16.4. The van der Waals surface area contributed by atoms with Gasteiger partial charge < -0.3 is 9.67 Å². The Labute approximate surface area is 136 Å². The normalized spacial score (nSPS) is 11.2. The topological polar surface area (TPSA) is 59.3 Å². The van der Waals surface area contributed by atoms with Crippen molar-refractivity contribution in [3.8, 4) is 11.3 Å². The van der Waals surface area contributed by atoms with Gasteiger partial charge in [0.05, 0.1) is 5.69 Å². The monoisotopic (exact) mass is 313 g/mol. The Morgan fingerprint density at radius 1 is 1.04 bits per heavy atom. The van der Waals surface area contributed by atoms with Crippen LogP contribution in [-0.2, 0) is 6.54 Å². The van der Waals surface area contributed by atoms with Gasteiger partial charge in [-0.15, -0.1) is 0 Å². The third kappa shape index (κ3) is 3.70. The quantitative estimate of drug-likeness (QED) is 0.908. The molecule has 0 amide bonds. The average molecular weight is 313 g/mol. The smallest absolute Gasteiger partial charge is 0.341 e. The zero-order valence-corrected chi connectivity index (χ0v) is 14.0. The van der Waals surface area contributed by atoms with E-state index in [1.807, 2.05) is 26.0 Å². The molecule has 0 saturated carbocycles. The molecule has 1 aromatic heterocycles. The summed E-state index contributed by atoms with van der Waals surface area (Å²) in [6, 6.07) is 11.2. The Bertz CT molecular complexity index is 755. The second-order valence-corrected chi connectivity index (χ2v) is 6.52. The minimum Gasteiger partial charge on any atom is -0.477 e. The standard InChI is InChI=1S/C19H23NO3/c1-12(2)11-20-17(10-9-16(18(20)21)19(22)23)15-7-5-14(6-8-15)13(3)4/h5-10,12-13H,11H2,1-4H3,(H,22,23). The van der Waals surface area contributed by atoms with E-state index in [2.05, 4.69) is 26.0 Å². The summed E-state index contributed by atoms with van der Waals surface area (Å²) in [6.45, 7) is 8.76. The fourth-order valence-electron chi connectivity index (χ4n) is 2.58. The molecule has 2 rings (SSSR count). The summed E-state index contributed by atoms with van der Waals surface area (Å²) in [5.74, 6) is -0.504. The van der Waals surface area contributed by atoms with E-state index < -0.39 is 11.5 Å². The second-order valence-electron chi connectivity index (χ2n) is 6.52. The highest BCUT2D eigenvalue weighted by Gasteiger charge is 2.16. The first-order chi connectivity index (χ1) is 10.8. The van der Waals surface area contributed by atoms with Gasteiger partial charge in [0.25, 0.3) is 5.56 Å². The maximum Gasteiger partial charge on any atom is 0.341 e. The molecule has 0 aliphatic rings. The minimum atomic E-state index is -1.19. The molecule has 0 aliphatic heterocycles. The SMILES string of the molecule is CC(C)Cn1c(-c2ccc(C(C)C)cc2)ccc(C(=O)O)c1=O. The molecule has 122 valence electrons. The molecular formula is C19H23NO3. The van der Waals surface area contributed by atoms with Crippen LogP contribution in [-0.4, -0.2) is 15.6 Å². The Morgan fingerprint density at radius 2 is 1.65 bits per heavy atom. The van der Waals surface area contributed by atoms with E-state index in [9.17, 15) is 9.59 Å². The first-order valence-corrected chi connectivity index (χ1v) is 7.88. The van der Waals surface area contributed by atoms with Gasteiger partial charge in [0.1, 0.15) is 5.56 Å². The van der Waals surface area contributed by atoms with Gasteiger partial charge in [-0.2, -0.15) is 0 Å². The van der Waals surface area contributed by atoms with E-state index in [0.29, 0.717) is 12.5 Å². The number of nitrogens with zero attached hydrogens (tertiary/aromatic N) is 1. The zero-order chi connectivity index (χ0) is 17.1. The highest BCUT2D eigenvalue weighted by Crippen LogP contribution is 2.23. The fourth-order valence-corrected chi connectivity index (χ4v) is 2.58. The summed E-state index contributed by atoms with van der Waals surface area (Å²) in [5, 5.41) is 9.17.